The van der Waals surface area contributed by atoms with E-state index in [1.165, 1.54) is 5.56 Å². The van der Waals surface area contributed by atoms with E-state index in [4.69, 9.17) is 11.6 Å². The van der Waals surface area contributed by atoms with Gasteiger partial charge in [0, 0.05) is 18.4 Å². The van der Waals surface area contributed by atoms with Crippen LogP contribution in [0, 0.1) is 0 Å². The van der Waals surface area contributed by atoms with Crippen molar-refractivity contribution in [1.82, 2.24) is 10.3 Å². The zero-order chi connectivity index (χ0) is 12.3. The molecule has 1 unspecified atom stereocenters. The third kappa shape index (κ3) is 3.28. The van der Waals surface area contributed by atoms with Gasteiger partial charge < -0.3 is 5.32 Å². The Labute approximate surface area is 118 Å². The third-order valence-corrected chi connectivity index (χ3v) is 4.48. The predicted octanol–water partition coefficient (Wildman–Crippen LogP) is 4.06. The molecular weight excluding hydrogens is 320 g/mol. The summed E-state index contributed by atoms with van der Waals surface area (Å²) < 4.78 is 1.15. The molecule has 2 aromatic heterocycles. The highest BCUT2D eigenvalue weighted by molar-refractivity contribution is 9.11. The van der Waals surface area contributed by atoms with Gasteiger partial charge in [-0.3, -0.25) is 4.98 Å². The summed E-state index contributed by atoms with van der Waals surface area (Å²) in [6.45, 7) is 0. The van der Waals surface area contributed by atoms with Crippen LogP contribution in [-0.4, -0.2) is 12.0 Å². The first-order valence-corrected chi connectivity index (χ1v) is 7.25. The molecule has 0 spiro atoms. The van der Waals surface area contributed by atoms with Gasteiger partial charge in [0.2, 0.25) is 0 Å². The first-order chi connectivity index (χ1) is 8.20. The van der Waals surface area contributed by atoms with Gasteiger partial charge in [0.05, 0.1) is 8.81 Å². The Hall–Kier alpha value is -0.420. The lowest BCUT2D eigenvalue weighted by Crippen LogP contribution is -2.18. The molecular formula is C12H12BrClN2S. The Morgan fingerprint density at radius 3 is 3.00 bits per heavy atom. The van der Waals surface area contributed by atoms with E-state index in [9.17, 15) is 0 Å². The normalized spacial score (nSPS) is 12.6. The summed E-state index contributed by atoms with van der Waals surface area (Å²) in [5.74, 6) is 0. The molecule has 90 valence electrons. The Morgan fingerprint density at radius 2 is 2.41 bits per heavy atom. The minimum Gasteiger partial charge on any atom is -0.313 e. The molecule has 1 N–H and O–H groups in total. The molecule has 1 atom stereocenters. The molecule has 0 saturated carbocycles. The summed E-state index contributed by atoms with van der Waals surface area (Å²) in [6.07, 6.45) is 4.33. The van der Waals surface area contributed by atoms with Crippen LogP contribution >= 0.6 is 38.9 Å². The third-order valence-electron chi connectivity index (χ3n) is 2.62. The standard InChI is InChI=1S/C12H12BrClN2S/c1-15-11(9-5-12(13)17-7-9)4-8-2-3-16-6-10(8)14/h2-3,5-7,11,15H,4H2,1H3. The van der Waals surface area contributed by atoms with E-state index < -0.39 is 0 Å². The van der Waals surface area contributed by atoms with Gasteiger partial charge in [-0.1, -0.05) is 11.6 Å². The molecule has 0 aliphatic rings. The number of halogens is 2. The highest BCUT2D eigenvalue weighted by Crippen LogP contribution is 2.28. The smallest absolute Gasteiger partial charge is 0.0701 e. The number of rotatable bonds is 4. The predicted molar refractivity (Wildman–Crippen MR) is 76.8 cm³/mol. The van der Waals surface area contributed by atoms with Crippen LogP contribution in [0.5, 0.6) is 0 Å². The van der Waals surface area contributed by atoms with E-state index in [1.54, 1.807) is 23.7 Å². The van der Waals surface area contributed by atoms with Crippen LogP contribution in [0.4, 0.5) is 0 Å². The van der Waals surface area contributed by atoms with Crippen molar-refractivity contribution in [2.45, 2.75) is 12.5 Å². The van der Waals surface area contributed by atoms with Crippen molar-refractivity contribution in [3.05, 3.63) is 49.8 Å². The van der Waals surface area contributed by atoms with Gasteiger partial charge in [0.15, 0.2) is 0 Å². The van der Waals surface area contributed by atoms with Gasteiger partial charge in [-0.05, 0) is 58.0 Å². The average Bonchev–Trinajstić information content (AvgIpc) is 2.75. The second-order valence-electron chi connectivity index (χ2n) is 3.70. The maximum Gasteiger partial charge on any atom is 0.0701 e. The molecule has 2 heterocycles. The summed E-state index contributed by atoms with van der Waals surface area (Å²) in [5, 5.41) is 6.19. The molecule has 2 rings (SSSR count). The Bertz CT molecular complexity index is 501. The fourth-order valence-electron chi connectivity index (χ4n) is 1.68. The molecule has 0 radical (unpaired) electrons. The molecule has 0 bridgehead atoms. The Balaban J connectivity index is 2.18. The van der Waals surface area contributed by atoms with Crippen LogP contribution in [0.15, 0.2) is 33.7 Å². The SMILES string of the molecule is CNC(Cc1ccncc1Cl)c1csc(Br)c1. The number of hydrogen-bond acceptors (Lipinski definition) is 3. The molecule has 0 saturated heterocycles. The van der Waals surface area contributed by atoms with Crippen molar-refractivity contribution >= 4 is 38.9 Å². The number of likely N-dealkylation sites (N-methyl/N-ethyl adjacent to an activating group) is 1. The van der Waals surface area contributed by atoms with Gasteiger partial charge in [0.1, 0.15) is 0 Å². The lowest BCUT2D eigenvalue weighted by molar-refractivity contribution is 0.593. The van der Waals surface area contributed by atoms with Crippen molar-refractivity contribution in [2.24, 2.45) is 0 Å². The summed E-state index contributed by atoms with van der Waals surface area (Å²) in [7, 11) is 1.96. The number of aromatic nitrogens is 1. The van der Waals surface area contributed by atoms with Gasteiger partial charge in [-0.2, -0.15) is 0 Å². The zero-order valence-electron chi connectivity index (χ0n) is 9.28. The molecule has 0 fully saturated rings. The van der Waals surface area contributed by atoms with Crippen LogP contribution in [-0.2, 0) is 6.42 Å². The second kappa shape index (κ2) is 5.96. The van der Waals surface area contributed by atoms with E-state index >= 15 is 0 Å². The van der Waals surface area contributed by atoms with Crippen molar-refractivity contribution in [3.63, 3.8) is 0 Å². The highest BCUT2D eigenvalue weighted by atomic mass is 79.9. The van der Waals surface area contributed by atoms with Crippen LogP contribution in [0.25, 0.3) is 0 Å². The monoisotopic (exact) mass is 330 g/mol. The Kier molecular flexibility index (Phi) is 4.56. The summed E-state index contributed by atoms with van der Waals surface area (Å²) in [5.41, 5.74) is 2.39. The molecule has 0 aromatic carbocycles. The summed E-state index contributed by atoms with van der Waals surface area (Å²) in [6, 6.07) is 4.38. The Morgan fingerprint density at radius 1 is 1.59 bits per heavy atom. The number of hydrogen-bond donors (Lipinski definition) is 1. The van der Waals surface area contributed by atoms with Crippen LogP contribution in [0.3, 0.4) is 0 Å². The molecule has 5 heteroatoms. The number of pyridine rings is 1. The molecule has 17 heavy (non-hydrogen) atoms. The van der Waals surface area contributed by atoms with Gasteiger partial charge in [-0.25, -0.2) is 0 Å². The van der Waals surface area contributed by atoms with E-state index in [0.717, 1.165) is 20.8 Å². The van der Waals surface area contributed by atoms with Crippen LogP contribution in [0.2, 0.25) is 5.02 Å². The number of thiophene rings is 1. The number of nitrogens with one attached hydrogen (secondary N) is 1. The lowest BCUT2D eigenvalue weighted by atomic mass is 10.0. The topological polar surface area (TPSA) is 24.9 Å². The lowest BCUT2D eigenvalue weighted by Gasteiger charge is -2.15. The minimum atomic E-state index is 0.275. The van der Waals surface area contributed by atoms with Crippen molar-refractivity contribution in [1.29, 1.82) is 0 Å². The zero-order valence-corrected chi connectivity index (χ0v) is 12.4. The largest absolute Gasteiger partial charge is 0.313 e. The van der Waals surface area contributed by atoms with Gasteiger partial charge in [0.25, 0.3) is 0 Å². The van der Waals surface area contributed by atoms with Crippen molar-refractivity contribution in [3.8, 4) is 0 Å². The van der Waals surface area contributed by atoms with Gasteiger partial charge in [-0.15, -0.1) is 11.3 Å². The first kappa shape index (κ1) is 13.0. The highest BCUT2D eigenvalue weighted by Gasteiger charge is 2.13. The van der Waals surface area contributed by atoms with E-state index in [-0.39, 0.29) is 6.04 Å². The first-order valence-electron chi connectivity index (χ1n) is 5.20. The maximum absolute atomic E-state index is 6.12. The van der Waals surface area contributed by atoms with Crippen molar-refractivity contribution < 1.29 is 0 Å². The molecule has 0 aliphatic carbocycles. The van der Waals surface area contributed by atoms with Crippen LogP contribution < -0.4 is 5.32 Å². The second-order valence-corrected chi connectivity index (χ2v) is 6.39. The average molecular weight is 332 g/mol. The summed E-state index contributed by atoms with van der Waals surface area (Å²) in [4.78, 5) is 4.00. The maximum atomic E-state index is 6.12. The molecule has 2 aromatic rings. The van der Waals surface area contributed by atoms with E-state index in [2.05, 4.69) is 37.7 Å². The molecule has 0 amide bonds. The number of nitrogens with zero attached hydrogens (tertiary/aromatic N) is 1. The van der Waals surface area contributed by atoms with Crippen molar-refractivity contribution in [2.75, 3.05) is 7.05 Å². The summed E-state index contributed by atoms with van der Waals surface area (Å²) >= 11 is 11.3. The molecule has 2 nitrogen and oxygen atoms in total. The van der Waals surface area contributed by atoms with Gasteiger partial charge >= 0.3 is 0 Å². The molecule has 0 aliphatic heterocycles. The quantitative estimate of drug-likeness (QED) is 0.914. The van der Waals surface area contributed by atoms with E-state index in [0.29, 0.717) is 0 Å². The fourth-order valence-corrected chi connectivity index (χ4v) is 3.11. The van der Waals surface area contributed by atoms with E-state index in [1.807, 2.05) is 13.1 Å². The fraction of sp³-hybridized carbons (Fsp3) is 0.250. The minimum absolute atomic E-state index is 0.275. The van der Waals surface area contributed by atoms with Crippen LogP contribution in [0.1, 0.15) is 17.2 Å².